The van der Waals surface area contributed by atoms with Crippen LogP contribution >= 0.6 is 0 Å². The van der Waals surface area contributed by atoms with Gasteiger partial charge in [-0.15, -0.1) is 0 Å². The first-order valence-electron chi connectivity index (χ1n) is 11.0. The van der Waals surface area contributed by atoms with Crippen molar-refractivity contribution in [3.05, 3.63) is 46.5 Å². The van der Waals surface area contributed by atoms with E-state index in [1.54, 1.807) is 7.11 Å². The molecule has 0 bridgehead atoms. The van der Waals surface area contributed by atoms with Crippen LogP contribution in [0.3, 0.4) is 0 Å². The van der Waals surface area contributed by atoms with Crippen molar-refractivity contribution in [2.24, 2.45) is 0 Å². The summed E-state index contributed by atoms with van der Waals surface area (Å²) >= 11 is 0. The summed E-state index contributed by atoms with van der Waals surface area (Å²) in [4.78, 5) is 53.5. The van der Waals surface area contributed by atoms with Crippen LogP contribution in [0.5, 0.6) is 0 Å². The van der Waals surface area contributed by atoms with E-state index in [1.165, 1.54) is 31.3 Å². The number of carbonyl (C=O) groups is 4. The molecule has 0 saturated heterocycles. The molecule has 2 aliphatic heterocycles. The number of methoxy groups -OCH3 is 1. The first-order chi connectivity index (χ1) is 16.5. The molecule has 0 radical (unpaired) electrons. The fourth-order valence-corrected chi connectivity index (χ4v) is 4.09. The van der Waals surface area contributed by atoms with Gasteiger partial charge in [0.25, 0.3) is 23.6 Å². The highest BCUT2D eigenvalue weighted by molar-refractivity contribution is 6.33. The van der Waals surface area contributed by atoms with E-state index in [1.807, 2.05) is 0 Å². The molecule has 2 aliphatic rings. The molecule has 0 aromatic heterocycles. The lowest BCUT2D eigenvalue weighted by Crippen LogP contribution is -2.43. The van der Waals surface area contributed by atoms with Crippen molar-refractivity contribution < 1.29 is 38.1 Å². The Hall–Kier alpha value is -3.18. The molecule has 4 amide bonds. The van der Waals surface area contributed by atoms with Gasteiger partial charge in [0.1, 0.15) is 0 Å². The number of benzene rings is 2. The van der Waals surface area contributed by atoms with Gasteiger partial charge in [-0.25, -0.2) is 0 Å². The van der Waals surface area contributed by atoms with Crippen LogP contribution in [0.2, 0.25) is 0 Å². The number of imide groups is 2. The van der Waals surface area contributed by atoms with E-state index in [9.17, 15) is 19.2 Å². The predicted octanol–water partition coefficient (Wildman–Crippen LogP) is 1.36. The predicted molar refractivity (Wildman–Crippen MR) is 120 cm³/mol. The summed E-state index contributed by atoms with van der Waals surface area (Å²) < 4.78 is 21.1. The van der Waals surface area contributed by atoms with Gasteiger partial charge in [-0.2, -0.15) is 0 Å². The second kappa shape index (κ2) is 10.4. The maximum atomic E-state index is 13.1. The van der Waals surface area contributed by atoms with Gasteiger partial charge in [-0.05, 0) is 24.3 Å². The number of rotatable bonds is 12. The molecular weight excluding hydrogens is 444 g/mol. The van der Waals surface area contributed by atoms with Crippen LogP contribution in [0.4, 0.5) is 0 Å². The van der Waals surface area contributed by atoms with E-state index >= 15 is 0 Å². The second-order valence-electron chi connectivity index (χ2n) is 7.83. The minimum absolute atomic E-state index is 0.0723. The molecule has 4 rings (SSSR count). The van der Waals surface area contributed by atoms with Gasteiger partial charge in [-0.3, -0.25) is 29.0 Å². The van der Waals surface area contributed by atoms with Gasteiger partial charge in [0.05, 0.1) is 52.8 Å². The van der Waals surface area contributed by atoms with E-state index in [2.05, 4.69) is 0 Å². The SMILES string of the molecule is COCCOCCOCCOCCN1C(=O)c2ccc3c4c(ccc(c24)C1=O)C(=O)N(C)C3=O. The Morgan fingerprint density at radius 1 is 0.588 bits per heavy atom. The molecule has 34 heavy (non-hydrogen) atoms. The zero-order valence-electron chi connectivity index (χ0n) is 19.1. The Morgan fingerprint density at radius 3 is 1.41 bits per heavy atom. The summed E-state index contributed by atoms with van der Waals surface area (Å²) in [5.41, 5.74) is 1.19. The van der Waals surface area contributed by atoms with Crippen LogP contribution in [0.1, 0.15) is 41.4 Å². The van der Waals surface area contributed by atoms with Gasteiger partial charge in [0, 0.05) is 47.2 Å². The molecule has 10 nitrogen and oxygen atoms in total. The Labute approximate surface area is 196 Å². The van der Waals surface area contributed by atoms with Gasteiger partial charge in [0.2, 0.25) is 0 Å². The van der Waals surface area contributed by atoms with Crippen molar-refractivity contribution in [1.82, 2.24) is 9.80 Å². The molecular formula is C24H26N2O8. The summed E-state index contributed by atoms with van der Waals surface area (Å²) in [5.74, 6) is -1.87. The Bertz CT molecular complexity index is 1070. The number of hydrogen-bond acceptors (Lipinski definition) is 8. The minimum Gasteiger partial charge on any atom is -0.382 e. The molecule has 10 heteroatoms. The summed E-state index contributed by atoms with van der Waals surface area (Å²) in [6.07, 6.45) is 0. The number of amides is 4. The van der Waals surface area contributed by atoms with Crippen molar-refractivity contribution in [3.8, 4) is 0 Å². The standard InChI is InChI=1S/C24H26N2O8/c1-25-21(27)15-3-5-17-20-18(6-4-16(19(15)20)22(25)28)24(30)26(23(17)29)7-8-32-11-12-34-14-13-33-10-9-31-2/h3-6H,7-14H2,1-2H3. The molecule has 2 aromatic rings. The van der Waals surface area contributed by atoms with Gasteiger partial charge < -0.3 is 18.9 Å². The van der Waals surface area contributed by atoms with Crippen LogP contribution in [0, 0.1) is 0 Å². The van der Waals surface area contributed by atoms with Crippen molar-refractivity contribution in [3.63, 3.8) is 0 Å². The molecule has 0 atom stereocenters. The zero-order chi connectivity index (χ0) is 24.2. The first kappa shape index (κ1) is 24.0. The largest absolute Gasteiger partial charge is 0.382 e. The number of ether oxygens (including phenoxy) is 4. The lowest BCUT2D eigenvalue weighted by molar-refractivity contribution is 0.00148. The molecule has 0 aliphatic carbocycles. The smallest absolute Gasteiger partial charge is 0.261 e. The van der Waals surface area contributed by atoms with Crippen LogP contribution in [0.25, 0.3) is 10.8 Å². The number of hydrogen-bond donors (Lipinski definition) is 0. The molecule has 2 aromatic carbocycles. The molecule has 0 spiro atoms. The fraction of sp³-hybridized carbons (Fsp3) is 0.417. The maximum absolute atomic E-state index is 13.1. The summed E-state index contributed by atoms with van der Waals surface area (Å²) in [5, 5.41) is 0.724. The third kappa shape index (κ3) is 4.32. The normalized spacial score (nSPS) is 15.1. The maximum Gasteiger partial charge on any atom is 0.261 e. The number of carbonyl (C=O) groups excluding carboxylic acids is 4. The third-order valence-corrected chi connectivity index (χ3v) is 5.82. The van der Waals surface area contributed by atoms with Crippen molar-refractivity contribution in [2.45, 2.75) is 0 Å². The van der Waals surface area contributed by atoms with E-state index in [0.717, 1.165) is 9.80 Å². The third-order valence-electron chi connectivity index (χ3n) is 5.82. The number of nitrogens with zero attached hydrogens (tertiary/aromatic N) is 2. The lowest BCUT2D eigenvalue weighted by Gasteiger charge is -2.30. The van der Waals surface area contributed by atoms with Gasteiger partial charge >= 0.3 is 0 Å². The van der Waals surface area contributed by atoms with Gasteiger partial charge in [0.15, 0.2) is 0 Å². The zero-order valence-corrected chi connectivity index (χ0v) is 19.1. The highest BCUT2D eigenvalue weighted by Gasteiger charge is 2.38. The topological polar surface area (TPSA) is 112 Å². The minimum atomic E-state index is -0.479. The van der Waals surface area contributed by atoms with Crippen LogP contribution < -0.4 is 0 Å². The van der Waals surface area contributed by atoms with E-state index < -0.39 is 23.6 Å². The highest BCUT2D eigenvalue weighted by atomic mass is 16.6. The van der Waals surface area contributed by atoms with E-state index in [0.29, 0.717) is 61.5 Å². The highest BCUT2D eigenvalue weighted by Crippen LogP contribution is 2.37. The quantitative estimate of drug-likeness (QED) is 0.338. The Morgan fingerprint density at radius 2 is 0.971 bits per heavy atom. The van der Waals surface area contributed by atoms with Crippen LogP contribution in [0.15, 0.2) is 24.3 Å². The second-order valence-corrected chi connectivity index (χ2v) is 7.83. The van der Waals surface area contributed by atoms with Gasteiger partial charge in [-0.1, -0.05) is 0 Å². The van der Waals surface area contributed by atoms with Crippen molar-refractivity contribution in [2.75, 3.05) is 67.0 Å². The van der Waals surface area contributed by atoms with Crippen molar-refractivity contribution >= 4 is 34.4 Å². The Kier molecular flexibility index (Phi) is 7.32. The average Bonchev–Trinajstić information content (AvgIpc) is 2.84. The molecule has 0 saturated carbocycles. The van der Waals surface area contributed by atoms with Crippen LogP contribution in [-0.4, -0.2) is 100 Å². The summed E-state index contributed by atoms with van der Waals surface area (Å²) in [7, 11) is 3.02. The fourth-order valence-electron chi connectivity index (χ4n) is 4.09. The molecule has 180 valence electrons. The van der Waals surface area contributed by atoms with E-state index in [4.69, 9.17) is 18.9 Å². The summed E-state index contributed by atoms with van der Waals surface area (Å²) in [6, 6.07) is 6.15. The first-order valence-corrected chi connectivity index (χ1v) is 11.0. The van der Waals surface area contributed by atoms with E-state index in [-0.39, 0.29) is 24.3 Å². The molecule has 0 N–H and O–H groups in total. The Balaban J connectivity index is 1.37. The summed E-state index contributed by atoms with van der Waals surface area (Å²) in [6.45, 7) is 2.84. The van der Waals surface area contributed by atoms with Crippen LogP contribution in [-0.2, 0) is 18.9 Å². The average molecular weight is 470 g/mol. The van der Waals surface area contributed by atoms with Crippen molar-refractivity contribution in [1.29, 1.82) is 0 Å². The molecule has 0 fully saturated rings. The lowest BCUT2D eigenvalue weighted by atomic mass is 9.86. The molecule has 2 heterocycles. The monoisotopic (exact) mass is 470 g/mol. The molecule has 0 unspecified atom stereocenters.